The molecule has 3 N–H and O–H groups in total. The first-order valence-corrected chi connectivity index (χ1v) is 7.98. The second-order valence-corrected chi connectivity index (χ2v) is 6.44. The Hall–Kier alpha value is -2.43. The number of anilines is 1. The standard InChI is InChI=1S/C14H14F3N3O4S/c1-6(21)18-13-7(4-9(25-13)14(15,16)17)5-11(23)19-8-2-3-10(22)20-12(8)24/h4,8H,2-3,5H2,1H3,(H,18,21)(H,19,23)(H,20,22,24). The molecule has 1 aromatic heterocycles. The van der Waals surface area contributed by atoms with Gasteiger partial charge in [-0.2, -0.15) is 13.2 Å². The van der Waals surface area contributed by atoms with Crippen molar-refractivity contribution in [1.82, 2.24) is 10.6 Å². The molecule has 1 saturated heterocycles. The first-order chi connectivity index (χ1) is 11.6. The average Bonchev–Trinajstić information content (AvgIpc) is 2.84. The number of hydrogen-bond acceptors (Lipinski definition) is 5. The third kappa shape index (κ3) is 5.02. The summed E-state index contributed by atoms with van der Waals surface area (Å²) < 4.78 is 38.5. The van der Waals surface area contributed by atoms with Crippen LogP contribution in [0, 0.1) is 0 Å². The summed E-state index contributed by atoms with van der Waals surface area (Å²) in [7, 11) is 0. The van der Waals surface area contributed by atoms with Gasteiger partial charge < -0.3 is 10.6 Å². The average molecular weight is 377 g/mol. The maximum absolute atomic E-state index is 12.8. The summed E-state index contributed by atoms with van der Waals surface area (Å²) >= 11 is 0.323. The SMILES string of the molecule is CC(=O)Nc1sc(C(F)(F)F)cc1CC(=O)NC1CCC(=O)NC1=O. The topological polar surface area (TPSA) is 104 Å². The number of carbonyl (C=O) groups is 4. The van der Waals surface area contributed by atoms with Crippen molar-refractivity contribution in [2.24, 2.45) is 0 Å². The molecule has 25 heavy (non-hydrogen) atoms. The number of piperidine rings is 1. The second-order valence-electron chi connectivity index (χ2n) is 5.39. The molecule has 0 spiro atoms. The molecule has 7 nitrogen and oxygen atoms in total. The number of rotatable bonds is 4. The normalized spacial score (nSPS) is 17.8. The molecule has 0 radical (unpaired) electrons. The van der Waals surface area contributed by atoms with Gasteiger partial charge in [0.05, 0.1) is 11.4 Å². The number of alkyl halides is 3. The predicted molar refractivity (Wildman–Crippen MR) is 81.6 cm³/mol. The van der Waals surface area contributed by atoms with Gasteiger partial charge in [0.25, 0.3) is 0 Å². The van der Waals surface area contributed by atoms with E-state index < -0.39 is 47.1 Å². The van der Waals surface area contributed by atoms with E-state index >= 15 is 0 Å². The Labute approximate surface area is 144 Å². The van der Waals surface area contributed by atoms with Gasteiger partial charge in [0, 0.05) is 13.3 Å². The molecule has 136 valence electrons. The van der Waals surface area contributed by atoms with Crippen LogP contribution in [0.1, 0.15) is 30.2 Å². The van der Waals surface area contributed by atoms with E-state index in [2.05, 4.69) is 16.0 Å². The van der Waals surface area contributed by atoms with Crippen molar-refractivity contribution in [3.8, 4) is 0 Å². The van der Waals surface area contributed by atoms with Crippen LogP contribution in [-0.4, -0.2) is 29.7 Å². The van der Waals surface area contributed by atoms with Gasteiger partial charge in [-0.15, -0.1) is 11.3 Å². The Balaban J connectivity index is 2.11. The molecule has 0 bridgehead atoms. The van der Waals surface area contributed by atoms with Crippen molar-refractivity contribution < 1.29 is 32.3 Å². The molecular formula is C14H14F3N3O4S. The molecule has 1 atom stereocenters. The third-order valence-electron chi connectivity index (χ3n) is 3.30. The van der Waals surface area contributed by atoms with Crippen LogP contribution >= 0.6 is 11.3 Å². The molecule has 1 fully saturated rings. The number of imide groups is 1. The van der Waals surface area contributed by atoms with E-state index in [-0.39, 0.29) is 23.4 Å². The molecule has 0 aliphatic carbocycles. The highest BCUT2D eigenvalue weighted by atomic mass is 32.1. The zero-order chi connectivity index (χ0) is 18.8. The Morgan fingerprint density at radius 2 is 2.04 bits per heavy atom. The van der Waals surface area contributed by atoms with Gasteiger partial charge in [0.2, 0.25) is 23.6 Å². The van der Waals surface area contributed by atoms with Crippen molar-refractivity contribution in [2.45, 2.75) is 38.4 Å². The zero-order valence-corrected chi connectivity index (χ0v) is 13.8. The molecule has 0 saturated carbocycles. The highest BCUT2D eigenvalue weighted by Gasteiger charge is 2.35. The highest BCUT2D eigenvalue weighted by molar-refractivity contribution is 7.16. The summed E-state index contributed by atoms with van der Waals surface area (Å²) in [6.45, 7) is 1.14. The quantitative estimate of drug-likeness (QED) is 0.686. The molecule has 2 rings (SSSR count). The number of carbonyl (C=O) groups excluding carboxylic acids is 4. The second kappa shape index (κ2) is 7.21. The van der Waals surface area contributed by atoms with E-state index in [0.717, 1.165) is 13.0 Å². The van der Waals surface area contributed by atoms with Gasteiger partial charge in [-0.3, -0.25) is 24.5 Å². The number of hydrogen-bond donors (Lipinski definition) is 3. The van der Waals surface area contributed by atoms with Crippen LogP contribution in [0.2, 0.25) is 0 Å². The van der Waals surface area contributed by atoms with Gasteiger partial charge >= 0.3 is 6.18 Å². The fourth-order valence-electron chi connectivity index (χ4n) is 2.22. The summed E-state index contributed by atoms with van der Waals surface area (Å²) in [5, 5.41) is 6.63. The van der Waals surface area contributed by atoms with Gasteiger partial charge in [-0.25, -0.2) is 0 Å². The predicted octanol–water partition coefficient (Wildman–Crippen LogP) is 1.19. The fraction of sp³-hybridized carbons (Fsp3) is 0.429. The van der Waals surface area contributed by atoms with Gasteiger partial charge in [-0.05, 0) is 18.1 Å². The molecule has 11 heteroatoms. The number of nitrogens with one attached hydrogen (secondary N) is 3. The van der Waals surface area contributed by atoms with Crippen LogP contribution in [0.3, 0.4) is 0 Å². The van der Waals surface area contributed by atoms with Crippen LogP contribution in [-0.2, 0) is 31.8 Å². The van der Waals surface area contributed by atoms with Crippen molar-refractivity contribution in [3.63, 3.8) is 0 Å². The van der Waals surface area contributed by atoms with Crippen LogP contribution in [0.15, 0.2) is 6.07 Å². The van der Waals surface area contributed by atoms with Crippen LogP contribution < -0.4 is 16.0 Å². The lowest BCUT2D eigenvalue weighted by molar-refractivity contribution is -0.137. The molecule has 4 amide bonds. The molecule has 1 aliphatic heterocycles. The Bertz CT molecular complexity index is 729. The lowest BCUT2D eigenvalue weighted by Gasteiger charge is -2.21. The highest BCUT2D eigenvalue weighted by Crippen LogP contribution is 2.39. The first-order valence-electron chi connectivity index (χ1n) is 7.17. The Morgan fingerprint density at radius 1 is 1.36 bits per heavy atom. The van der Waals surface area contributed by atoms with Crippen molar-refractivity contribution in [1.29, 1.82) is 0 Å². The Morgan fingerprint density at radius 3 is 2.60 bits per heavy atom. The fourth-order valence-corrected chi connectivity index (χ4v) is 3.21. The van der Waals surface area contributed by atoms with Crippen molar-refractivity contribution in [3.05, 3.63) is 16.5 Å². The number of amides is 4. The lowest BCUT2D eigenvalue weighted by Crippen LogP contribution is -2.52. The van der Waals surface area contributed by atoms with Gasteiger partial charge in [0.15, 0.2) is 0 Å². The largest absolute Gasteiger partial charge is 0.425 e. The molecule has 1 aromatic rings. The van der Waals surface area contributed by atoms with E-state index in [4.69, 9.17) is 0 Å². The van der Waals surface area contributed by atoms with Crippen LogP contribution in [0.25, 0.3) is 0 Å². The molecule has 1 aliphatic rings. The maximum atomic E-state index is 12.8. The third-order valence-corrected chi connectivity index (χ3v) is 4.44. The first kappa shape index (κ1) is 18.9. The monoisotopic (exact) mass is 377 g/mol. The van der Waals surface area contributed by atoms with E-state index in [1.165, 1.54) is 0 Å². The van der Waals surface area contributed by atoms with Crippen molar-refractivity contribution >= 4 is 40.0 Å². The maximum Gasteiger partial charge on any atom is 0.425 e. The molecule has 2 heterocycles. The van der Waals surface area contributed by atoms with E-state index in [1.54, 1.807) is 0 Å². The van der Waals surface area contributed by atoms with E-state index in [9.17, 15) is 32.3 Å². The molecule has 1 unspecified atom stereocenters. The summed E-state index contributed by atoms with van der Waals surface area (Å²) in [4.78, 5) is 44.9. The molecular weight excluding hydrogens is 363 g/mol. The summed E-state index contributed by atoms with van der Waals surface area (Å²) in [6.07, 6.45) is -4.87. The van der Waals surface area contributed by atoms with Gasteiger partial charge in [-0.1, -0.05) is 0 Å². The lowest BCUT2D eigenvalue weighted by atomic mass is 10.1. The Kier molecular flexibility index (Phi) is 5.45. The minimum atomic E-state index is -4.60. The smallest absolute Gasteiger partial charge is 0.344 e. The minimum absolute atomic E-state index is 0.00248. The van der Waals surface area contributed by atoms with E-state index in [1.807, 2.05) is 0 Å². The number of halogens is 3. The summed E-state index contributed by atoms with van der Waals surface area (Å²) in [6, 6.07) is -0.130. The van der Waals surface area contributed by atoms with Crippen molar-refractivity contribution in [2.75, 3.05) is 5.32 Å². The van der Waals surface area contributed by atoms with Crippen LogP contribution in [0.4, 0.5) is 18.2 Å². The summed E-state index contributed by atoms with van der Waals surface area (Å²) in [5.74, 6) is -2.36. The molecule has 0 aromatic carbocycles. The minimum Gasteiger partial charge on any atom is -0.344 e. The van der Waals surface area contributed by atoms with Gasteiger partial charge in [0.1, 0.15) is 10.9 Å². The van der Waals surface area contributed by atoms with Crippen LogP contribution in [0.5, 0.6) is 0 Å². The summed E-state index contributed by atoms with van der Waals surface area (Å²) in [5.41, 5.74) is -0.00248. The zero-order valence-electron chi connectivity index (χ0n) is 13.0. The van der Waals surface area contributed by atoms with E-state index in [0.29, 0.717) is 11.3 Å². The number of thiophene rings is 1.